The van der Waals surface area contributed by atoms with Crippen molar-refractivity contribution in [3.05, 3.63) is 59.4 Å². The van der Waals surface area contributed by atoms with Gasteiger partial charge in [-0.05, 0) is 63.1 Å². The van der Waals surface area contributed by atoms with Crippen molar-refractivity contribution in [2.45, 2.75) is 64.0 Å². The van der Waals surface area contributed by atoms with Crippen LogP contribution in [0.3, 0.4) is 0 Å². The third kappa shape index (κ3) is 3.86. The van der Waals surface area contributed by atoms with E-state index in [1.807, 2.05) is 6.07 Å². The molecule has 33 heavy (non-hydrogen) atoms. The van der Waals surface area contributed by atoms with E-state index in [0.717, 1.165) is 73.1 Å². The summed E-state index contributed by atoms with van der Waals surface area (Å²) >= 11 is 0. The number of carbonyl (C=O) groups excluding carboxylic acids is 1. The molecular weight excluding hydrogens is 412 g/mol. The number of ether oxygens (including phenoxy) is 1. The average molecular weight is 443 g/mol. The molecule has 6 heteroatoms. The van der Waals surface area contributed by atoms with E-state index >= 15 is 0 Å². The highest BCUT2D eigenvalue weighted by Crippen LogP contribution is 2.40. The lowest BCUT2D eigenvalue weighted by atomic mass is 9.86. The Labute approximate surface area is 194 Å². The molecule has 5 rings (SSSR count). The lowest BCUT2D eigenvalue weighted by Crippen LogP contribution is -2.42. The number of methoxy groups -OCH3 is 1. The molecule has 2 heterocycles. The number of benzene rings is 2. The van der Waals surface area contributed by atoms with E-state index in [1.165, 1.54) is 12.7 Å². The molecule has 1 atom stereocenters. The maximum Gasteiger partial charge on any atom is 0.414 e. The third-order valence-corrected chi connectivity index (χ3v) is 7.35. The van der Waals surface area contributed by atoms with Gasteiger partial charge in [-0.1, -0.05) is 30.3 Å². The minimum absolute atomic E-state index is 0.0922. The smallest absolute Gasteiger partial charge is 0.414 e. The highest BCUT2D eigenvalue weighted by atomic mass is 16.5. The standard InChI is InChI=1S/C27H30N4O2/c1-18-8-13-22-23(30(18)27(32)33-2)14-15-24-26(22)29-25(16-19-6-4-3-5-7-19)31(24)21-11-9-20(17-28)10-12-21/h3-7,14-15,18,20-21H,8-13,16H2,1-2H3/t18-,20-,21+/m0/s1. The minimum Gasteiger partial charge on any atom is -0.452 e. The van der Waals surface area contributed by atoms with Crippen LogP contribution in [0.5, 0.6) is 0 Å². The monoisotopic (exact) mass is 442 g/mol. The number of nitrogens with zero attached hydrogens (tertiary/aromatic N) is 4. The van der Waals surface area contributed by atoms with Crippen molar-refractivity contribution in [2.75, 3.05) is 12.0 Å². The first-order valence-electron chi connectivity index (χ1n) is 11.9. The Morgan fingerprint density at radius 3 is 2.58 bits per heavy atom. The van der Waals surface area contributed by atoms with Gasteiger partial charge in [-0.15, -0.1) is 0 Å². The molecule has 2 aliphatic rings. The van der Waals surface area contributed by atoms with E-state index < -0.39 is 0 Å². The molecule has 1 fully saturated rings. The van der Waals surface area contributed by atoms with Gasteiger partial charge in [0.25, 0.3) is 0 Å². The lowest BCUT2D eigenvalue weighted by Gasteiger charge is -2.34. The lowest BCUT2D eigenvalue weighted by molar-refractivity contribution is 0.175. The predicted molar refractivity (Wildman–Crippen MR) is 128 cm³/mol. The van der Waals surface area contributed by atoms with Gasteiger partial charge >= 0.3 is 6.09 Å². The molecule has 0 bridgehead atoms. The SMILES string of the molecule is COC(=O)N1c2ccc3c(nc(Cc4ccccc4)n3[C@H]3CC[C@@H](C#N)CC3)c2CC[C@@H]1C. The number of amides is 1. The fourth-order valence-electron chi connectivity index (χ4n) is 5.60. The van der Waals surface area contributed by atoms with Crippen LogP contribution in [0.15, 0.2) is 42.5 Å². The summed E-state index contributed by atoms with van der Waals surface area (Å²) in [6.45, 7) is 2.07. The Morgan fingerprint density at radius 1 is 1.12 bits per heavy atom. The third-order valence-electron chi connectivity index (χ3n) is 7.35. The summed E-state index contributed by atoms with van der Waals surface area (Å²) in [6.07, 6.45) is 6.08. The van der Waals surface area contributed by atoms with Gasteiger partial charge in [0.1, 0.15) is 5.82 Å². The van der Waals surface area contributed by atoms with Crippen LogP contribution in [-0.2, 0) is 17.6 Å². The maximum absolute atomic E-state index is 12.5. The molecule has 0 unspecified atom stereocenters. The first-order chi connectivity index (χ1) is 16.1. The Morgan fingerprint density at radius 2 is 1.88 bits per heavy atom. The van der Waals surface area contributed by atoms with Crippen molar-refractivity contribution in [2.24, 2.45) is 5.92 Å². The first-order valence-corrected chi connectivity index (χ1v) is 11.9. The number of fused-ring (bicyclic) bond motifs is 3. The fraction of sp³-hybridized carbons (Fsp3) is 0.444. The van der Waals surface area contributed by atoms with Gasteiger partial charge in [-0.3, -0.25) is 4.90 Å². The van der Waals surface area contributed by atoms with Crippen LogP contribution < -0.4 is 4.90 Å². The average Bonchev–Trinajstić information content (AvgIpc) is 3.22. The van der Waals surface area contributed by atoms with E-state index in [0.29, 0.717) is 6.04 Å². The largest absolute Gasteiger partial charge is 0.452 e. The number of carbonyl (C=O) groups is 1. The molecular formula is C27H30N4O2. The Hall–Kier alpha value is -3.33. The van der Waals surface area contributed by atoms with Crippen molar-refractivity contribution in [3.63, 3.8) is 0 Å². The Bertz CT molecular complexity index is 1200. The number of imidazole rings is 1. The van der Waals surface area contributed by atoms with E-state index in [-0.39, 0.29) is 18.1 Å². The molecule has 1 saturated carbocycles. The zero-order valence-electron chi connectivity index (χ0n) is 19.3. The van der Waals surface area contributed by atoms with E-state index in [1.54, 1.807) is 4.90 Å². The molecule has 6 nitrogen and oxygen atoms in total. The van der Waals surface area contributed by atoms with Crippen LogP contribution in [0.2, 0.25) is 0 Å². The van der Waals surface area contributed by atoms with Gasteiger partial charge in [-0.25, -0.2) is 9.78 Å². The highest BCUT2D eigenvalue weighted by molar-refractivity contribution is 5.95. The second-order valence-corrected chi connectivity index (χ2v) is 9.35. The quantitative estimate of drug-likeness (QED) is 0.515. The van der Waals surface area contributed by atoms with Gasteiger partial charge in [0.2, 0.25) is 0 Å². The van der Waals surface area contributed by atoms with Crippen LogP contribution in [0, 0.1) is 17.2 Å². The molecule has 1 aromatic heterocycles. The van der Waals surface area contributed by atoms with Crippen molar-refractivity contribution in [1.29, 1.82) is 5.26 Å². The van der Waals surface area contributed by atoms with Crippen LogP contribution >= 0.6 is 0 Å². The number of aromatic nitrogens is 2. The molecule has 3 aromatic rings. The predicted octanol–water partition coefficient (Wildman–Crippen LogP) is 5.79. The molecule has 1 aliphatic heterocycles. The van der Waals surface area contributed by atoms with Crippen molar-refractivity contribution >= 4 is 22.8 Å². The van der Waals surface area contributed by atoms with Crippen LogP contribution in [-0.4, -0.2) is 28.8 Å². The zero-order valence-corrected chi connectivity index (χ0v) is 19.3. The van der Waals surface area contributed by atoms with Gasteiger partial charge in [0, 0.05) is 30.0 Å². The van der Waals surface area contributed by atoms with Crippen LogP contribution in [0.25, 0.3) is 11.0 Å². The number of hydrogen-bond donors (Lipinski definition) is 0. The second-order valence-electron chi connectivity index (χ2n) is 9.35. The Kier molecular flexibility index (Phi) is 5.80. The number of aryl methyl sites for hydroxylation is 1. The zero-order chi connectivity index (χ0) is 22.9. The molecule has 2 aromatic carbocycles. The molecule has 0 radical (unpaired) electrons. The van der Waals surface area contributed by atoms with Crippen molar-refractivity contribution in [1.82, 2.24) is 9.55 Å². The van der Waals surface area contributed by atoms with Gasteiger partial charge in [-0.2, -0.15) is 5.26 Å². The highest BCUT2D eigenvalue weighted by Gasteiger charge is 2.32. The van der Waals surface area contributed by atoms with E-state index in [9.17, 15) is 10.1 Å². The Balaban J connectivity index is 1.63. The van der Waals surface area contributed by atoms with Crippen LogP contribution in [0.4, 0.5) is 10.5 Å². The summed E-state index contributed by atoms with van der Waals surface area (Å²) in [4.78, 5) is 19.5. The topological polar surface area (TPSA) is 71.2 Å². The van der Waals surface area contributed by atoms with E-state index in [4.69, 9.17) is 9.72 Å². The van der Waals surface area contributed by atoms with E-state index in [2.05, 4.69) is 54.0 Å². The van der Waals surface area contributed by atoms with Gasteiger partial charge in [0.15, 0.2) is 0 Å². The summed E-state index contributed by atoms with van der Waals surface area (Å²) < 4.78 is 7.52. The molecule has 0 saturated heterocycles. The number of anilines is 1. The normalized spacial score (nSPS) is 22.6. The number of rotatable bonds is 3. The molecule has 1 aliphatic carbocycles. The number of nitriles is 1. The summed E-state index contributed by atoms with van der Waals surface area (Å²) in [7, 11) is 1.44. The van der Waals surface area contributed by atoms with Crippen LogP contribution in [0.1, 0.15) is 62.0 Å². The molecule has 170 valence electrons. The number of hydrogen-bond acceptors (Lipinski definition) is 4. The maximum atomic E-state index is 12.5. The van der Waals surface area contributed by atoms with Gasteiger partial charge in [0.05, 0.1) is 29.9 Å². The summed E-state index contributed by atoms with van der Waals surface area (Å²) in [5.74, 6) is 1.23. The first kappa shape index (κ1) is 21.5. The minimum atomic E-state index is -0.318. The summed E-state index contributed by atoms with van der Waals surface area (Å²) in [5, 5.41) is 9.36. The fourth-order valence-corrected chi connectivity index (χ4v) is 5.60. The van der Waals surface area contributed by atoms with Gasteiger partial charge < -0.3 is 9.30 Å². The van der Waals surface area contributed by atoms with Crippen molar-refractivity contribution < 1.29 is 9.53 Å². The summed E-state index contributed by atoms with van der Waals surface area (Å²) in [5.41, 5.74) is 5.42. The summed E-state index contributed by atoms with van der Waals surface area (Å²) in [6, 6.07) is 17.5. The molecule has 1 amide bonds. The molecule has 0 N–H and O–H groups in total. The molecule has 0 spiro atoms. The van der Waals surface area contributed by atoms with Crippen molar-refractivity contribution in [3.8, 4) is 6.07 Å². The second kappa shape index (κ2) is 8.90.